The highest BCUT2D eigenvalue weighted by Crippen LogP contribution is 2.17. The van der Waals surface area contributed by atoms with Gasteiger partial charge in [0, 0.05) is 18.8 Å². The fourth-order valence-corrected chi connectivity index (χ4v) is 2.08. The molecule has 0 aromatic heterocycles. The monoisotopic (exact) mass is 247 g/mol. The highest BCUT2D eigenvalue weighted by atomic mass is 16.2. The summed E-state index contributed by atoms with van der Waals surface area (Å²) in [5.74, 6) is 0.512. The molecule has 0 atom stereocenters. The molecule has 0 bridgehead atoms. The lowest BCUT2D eigenvalue weighted by Gasteiger charge is -2.16. The maximum atomic E-state index is 11.7. The Morgan fingerprint density at radius 2 is 1.78 bits per heavy atom. The third kappa shape index (κ3) is 3.47. The molecule has 1 saturated heterocycles. The molecule has 1 aromatic rings. The number of hydrazine groups is 1. The Labute approximate surface area is 108 Å². The minimum absolute atomic E-state index is 0.158. The summed E-state index contributed by atoms with van der Waals surface area (Å²) in [5, 5.41) is 4.80. The van der Waals surface area contributed by atoms with Crippen molar-refractivity contribution >= 4 is 11.7 Å². The third-order valence-electron chi connectivity index (χ3n) is 3.20. The van der Waals surface area contributed by atoms with Gasteiger partial charge in [0.1, 0.15) is 0 Å². The van der Waals surface area contributed by atoms with E-state index in [1.165, 1.54) is 5.56 Å². The van der Waals surface area contributed by atoms with Gasteiger partial charge in [0.2, 0.25) is 0 Å². The van der Waals surface area contributed by atoms with Crippen LogP contribution in [0.5, 0.6) is 0 Å². The fraction of sp³-hybridized carbons (Fsp3) is 0.500. The summed E-state index contributed by atoms with van der Waals surface area (Å²) in [7, 11) is 0. The van der Waals surface area contributed by atoms with Crippen LogP contribution in [0.1, 0.15) is 38.2 Å². The smallest absolute Gasteiger partial charge is 0.307 e. The number of hydrogen-bond donors (Lipinski definition) is 2. The number of benzene rings is 1. The number of urea groups is 1. The number of carbonyl (C=O) groups is 1. The number of amides is 2. The molecular weight excluding hydrogens is 226 g/mol. The van der Waals surface area contributed by atoms with Crippen LogP contribution in [0.3, 0.4) is 0 Å². The number of rotatable bonds is 3. The van der Waals surface area contributed by atoms with E-state index in [1.54, 1.807) is 0 Å². The maximum Gasteiger partial charge on any atom is 0.333 e. The first kappa shape index (κ1) is 12.9. The lowest BCUT2D eigenvalue weighted by atomic mass is 10.0. The van der Waals surface area contributed by atoms with E-state index < -0.39 is 0 Å². The molecule has 98 valence electrons. The quantitative estimate of drug-likeness (QED) is 0.862. The van der Waals surface area contributed by atoms with Crippen LogP contribution < -0.4 is 10.7 Å². The average molecular weight is 247 g/mol. The molecular formula is C14H21N3O. The predicted molar refractivity (Wildman–Crippen MR) is 73.5 cm³/mol. The summed E-state index contributed by atoms with van der Waals surface area (Å²) >= 11 is 0. The van der Waals surface area contributed by atoms with Crippen LogP contribution in [0.15, 0.2) is 24.3 Å². The number of nitrogens with zero attached hydrogens (tertiary/aromatic N) is 1. The van der Waals surface area contributed by atoms with Gasteiger partial charge in [-0.2, -0.15) is 0 Å². The zero-order valence-corrected chi connectivity index (χ0v) is 11.1. The Hall–Kier alpha value is -1.55. The summed E-state index contributed by atoms with van der Waals surface area (Å²) in [6.07, 6.45) is 2.31. The van der Waals surface area contributed by atoms with Gasteiger partial charge < -0.3 is 5.32 Å². The van der Waals surface area contributed by atoms with Gasteiger partial charge in [0.15, 0.2) is 0 Å². The molecule has 0 saturated carbocycles. The Bertz CT molecular complexity index is 394. The van der Waals surface area contributed by atoms with Gasteiger partial charge in [-0.05, 0) is 36.5 Å². The highest BCUT2D eigenvalue weighted by molar-refractivity contribution is 5.88. The number of carbonyl (C=O) groups excluding carboxylic acids is 1. The van der Waals surface area contributed by atoms with Crippen molar-refractivity contribution in [1.82, 2.24) is 10.4 Å². The van der Waals surface area contributed by atoms with Crippen LogP contribution in [0, 0.1) is 0 Å². The molecule has 0 unspecified atom stereocenters. The van der Waals surface area contributed by atoms with E-state index >= 15 is 0 Å². The standard InChI is InChI=1S/C14H21N3O/c1-11(2)12-5-7-13(8-6-12)15-14(18)16-17-9-3-4-10-17/h5-8,11H,3-4,9-10H2,1-2H3,(H2,15,16,18). The second-order valence-corrected chi connectivity index (χ2v) is 5.04. The van der Waals surface area contributed by atoms with E-state index in [2.05, 4.69) is 36.7 Å². The van der Waals surface area contributed by atoms with Crippen LogP contribution >= 0.6 is 0 Å². The summed E-state index contributed by atoms with van der Waals surface area (Å²) < 4.78 is 0. The Morgan fingerprint density at radius 1 is 1.17 bits per heavy atom. The lowest BCUT2D eigenvalue weighted by molar-refractivity contribution is 0.209. The topological polar surface area (TPSA) is 44.4 Å². The summed E-state index contributed by atoms with van der Waals surface area (Å²) in [4.78, 5) is 11.7. The van der Waals surface area contributed by atoms with Gasteiger partial charge in [-0.25, -0.2) is 9.80 Å². The zero-order chi connectivity index (χ0) is 13.0. The zero-order valence-electron chi connectivity index (χ0n) is 11.1. The second-order valence-electron chi connectivity index (χ2n) is 5.04. The number of anilines is 1. The van der Waals surface area contributed by atoms with Crippen molar-refractivity contribution in [3.05, 3.63) is 29.8 Å². The molecule has 2 rings (SSSR count). The van der Waals surface area contributed by atoms with Crippen molar-refractivity contribution < 1.29 is 4.79 Å². The van der Waals surface area contributed by atoms with Crippen LogP contribution in [0.2, 0.25) is 0 Å². The average Bonchev–Trinajstić information content (AvgIpc) is 2.82. The number of hydrogen-bond acceptors (Lipinski definition) is 2. The maximum absolute atomic E-state index is 11.7. The lowest BCUT2D eigenvalue weighted by Crippen LogP contribution is -2.42. The van der Waals surface area contributed by atoms with Crippen LogP contribution in [-0.4, -0.2) is 24.1 Å². The molecule has 18 heavy (non-hydrogen) atoms. The molecule has 2 N–H and O–H groups in total. The van der Waals surface area contributed by atoms with Gasteiger partial charge in [-0.3, -0.25) is 5.43 Å². The molecule has 1 aliphatic rings. The molecule has 4 nitrogen and oxygen atoms in total. The normalized spacial score (nSPS) is 15.9. The largest absolute Gasteiger partial charge is 0.333 e. The molecule has 1 heterocycles. The minimum atomic E-state index is -0.158. The first-order valence-corrected chi connectivity index (χ1v) is 6.57. The van der Waals surface area contributed by atoms with Crippen molar-refractivity contribution in [2.75, 3.05) is 18.4 Å². The van der Waals surface area contributed by atoms with Gasteiger partial charge in [-0.15, -0.1) is 0 Å². The predicted octanol–water partition coefficient (Wildman–Crippen LogP) is 2.94. The highest BCUT2D eigenvalue weighted by Gasteiger charge is 2.13. The molecule has 0 radical (unpaired) electrons. The molecule has 0 aliphatic carbocycles. The van der Waals surface area contributed by atoms with E-state index in [0.717, 1.165) is 31.6 Å². The molecule has 2 amide bonds. The van der Waals surface area contributed by atoms with E-state index in [4.69, 9.17) is 0 Å². The van der Waals surface area contributed by atoms with Crippen molar-refractivity contribution in [2.45, 2.75) is 32.6 Å². The van der Waals surface area contributed by atoms with Crippen molar-refractivity contribution in [3.8, 4) is 0 Å². The van der Waals surface area contributed by atoms with Gasteiger partial charge in [0.05, 0.1) is 0 Å². The number of nitrogens with one attached hydrogen (secondary N) is 2. The molecule has 0 spiro atoms. The first-order chi connectivity index (χ1) is 8.65. The van der Waals surface area contributed by atoms with E-state index in [-0.39, 0.29) is 6.03 Å². The fourth-order valence-electron chi connectivity index (χ4n) is 2.08. The van der Waals surface area contributed by atoms with Gasteiger partial charge in [-0.1, -0.05) is 26.0 Å². The molecule has 1 fully saturated rings. The summed E-state index contributed by atoms with van der Waals surface area (Å²) in [6.45, 7) is 6.20. The molecule has 4 heteroatoms. The van der Waals surface area contributed by atoms with E-state index in [1.807, 2.05) is 17.1 Å². The minimum Gasteiger partial charge on any atom is -0.307 e. The van der Waals surface area contributed by atoms with Crippen LogP contribution in [0.4, 0.5) is 10.5 Å². The van der Waals surface area contributed by atoms with Crippen molar-refractivity contribution in [3.63, 3.8) is 0 Å². The molecule has 1 aliphatic heterocycles. The first-order valence-electron chi connectivity index (χ1n) is 6.57. The summed E-state index contributed by atoms with van der Waals surface area (Å²) in [5.41, 5.74) is 4.96. The van der Waals surface area contributed by atoms with Crippen molar-refractivity contribution in [2.24, 2.45) is 0 Å². The van der Waals surface area contributed by atoms with Crippen LogP contribution in [0.25, 0.3) is 0 Å². The SMILES string of the molecule is CC(C)c1ccc(NC(=O)NN2CCCC2)cc1. The van der Waals surface area contributed by atoms with Crippen molar-refractivity contribution in [1.29, 1.82) is 0 Å². The summed E-state index contributed by atoms with van der Waals surface area (Å²) in [6, 6.07) is 7.83. The Balaban J connectivity index is 1.86. The van der Waals surface area contributed by atoms with Crippen LogP contribution in [-0.2, 0) is 0 Å². The van der Waals surface area contributed by atoms with Gasteiger partial charge >= 0.3 is 6.03 Å². The second kappa shape index (κ2) is 5.87. The Kier molecular flexibility index (Phi) is 4.20. The van der Waals surface area contributed by atoms with Gasteiger partial charge in [0.25, 0.3) is 0 Å². The van der Waals surface area contributed by atoms with E-state index in [0.29, 0.717) is 5.92 Å². The Morgan fingerprint density at radius 3 is 2.33 bits per heavy atom. The van der Waals surface area contributed by atoms with E-state index in [9.17, 15) is 4.79 Å². The molecule has 1 aromatic carbocycles. The third-order valence-corrected chi connectivity index (χ3v) is 3.20.